The third kappa shape index (κ3) is 5.85. The van der Waals surface area contributed by atoms with Gasteiger partial charge >= 0.3 is 0 Å². The molecule has 2 N–H and O–H groups in total. The number of carbonyl (C=O) groups excluding carboxylic acids is 1. The maximum Gasteiger partial charge on any atom is 0.258 e. The maximum absolute atomic E-state index is 12.7. The van der Waals surface area contributed by atoms with Crippen molar-refractivity contribution in [3.63, 3.8) is 0 Å². The second-order valence-corrected chi connectivity index (χ2v) is 6.89. The number of guanidine groups is 1. The zero-order valence-electron chi connectivity index (χ0n) is 16.4. The number of methoxy groups -OCH3 is 2. The van der Waals surface area contributed by atoms with Crippen LogP contribution in [0.2, 0.25) is 5.02 Å². The average Bonchev–Trinajstić information content (AvgIpc) is 3.26. The molecule has 1 atom stereocenters. The lowest BCUT2D eigenvalue weighted by Gasteiger charge is -2.14. The van der Waals surface area contributed by atoms with Gasteiger partial charge in [-0.15, -0.1) is 0 Å². The van der Waals surface area contributed by atoms with E-state index in [4.69, 9.17) is 25.8 Å². The normalized spacial score (nSPS) is 16.4. The summed E-state index contributed by atoms with van der Waals surface area (Å²) in [6, 6.07) is 12.2. The van der Waals surface area contributed by atoms with Crippen LogP contribution in [0.25, 0.3) is 0 Å². The fourth-order valence-corrected chi connectivity index (χ4v) is 3.17. The lowest BCUT2D eigenvalue weighted by molar-refractivity contribution is 0.0975. The number of rotatable bonds is 6. The maximum atomic E-state index is 12.7. The number of ether oxygens (including phenoxy) is 3. The molecule has 7 nitrogen and oxygen atoms in total. The number of aliphatic imine (C=N–C) groups is 1. The number of hydrogen-bond acceptors (Lipinski definition) is 5. The van der Waals surface area contributed by atoms with Crippen molar-refractivity contribution in [1.82, 2.24) is 5.32 Å². The number of amides is 1. The highest BCUT2D eigenvalue weighted by Gasteiger charge is 2.16. The van der Waals surface area contributed by atoms with Crippen LogP contribution >= 0.6 is 11.6 Å². The van der Waals surface area contributed by atoms with Gasteiger partial charge in [0, 0.05) is 17.9 Å². The monoisotopic (exact) mass is 417 g/mol. The molecule has 0 spiro atoms. The van der Waals surface area contributed by atoms with E-state index in [9.17, 15) is 4.79 Å². The summed E-state index contributed by atoms with van der Waals surface area (Å²) >= 11 is 6.20. The minimum absolute atomic E-state index is 0.0555. The first-order valence-electron chi connectivity index (χ1n) is 9.31. The van der Waals surface area contributed by atoms with E-state index in [0.29, 0.717) is 40.3 Å². The van der Waals surface area contributed by atoms with Gasteiger partial charge in [-0.2, -0.15) is 0 Å². The van der Waals surface area contributed by atoms with Gasteiger partial charge in [-0.25, -0.2) is 4.99 Å². The van der Waals surface area contributed by atoms with Crippen LogP contribution in [0, 0.1) is 0 Å². The van der Waals surface area contributed by atoms with Gasteiger partial charge in [0.25, 0.3) is 5.91 Å². The molecule has 0 saturated carbocycles. The number of anilines is 1. The van der Waals surface area contributed by atoms with E-state index in [1.54, 1.807) is 56.7 Å². The molecule has 0 radical (unpaired) electrons. The Balaban J connectivity index is 1.77. The highest BCUT2D eigenvalue weighted by atomic mass is 35.5. The quantitative estimate of drug-likeness (QED) is 0.552. The smallest absolute Gasteiger partial charge is 0.258 e. The van der Waals surface area contributed by atoms with Gasteiger partial charge < -0.3 is 19.5 Å². The number of benzene rings is 2. The standard InChI is InChI=1S/C21H24ClN3O4/c1-27-16-6-3-5-14(11-16)20(26)25-21(23-13-17-7-4-10-29-17)24-15-8-9-19(28-2)18(22)12-15/h3,5-6,8-9,11-12,17H,4,7,10,13H2,1-2H3,(H2,23,24,25,26)/t17-/m1/s1. The molecule has 0 unspecified atom stereocenters. The van der Waals surface area contributed by atoms with Crippen LogP contribution in [-0.4, -0.2) is 45.3 Å². The number of carbonyl (C=O) groups is 1. The van der Waals surface area contributed by atoms with Crippen molar-refractivity contribution >= 4 is 29.2 Å². The predicted octanol–water partition coefficient (Wildman–Crippen LogP) is 3.73. The highest BCUT2D eigenvalue weighted by Crippen LogP contribution is 2.27. The van der Waals surface area contributed by atoms with Gasteiger partial charge in [0.05, 0.1) is 31.9 Å². The molecule has 3 rings (SSSR count). The second kappa shape index (κ2) is 10.1. The fraction of sp³-hybridized carbons (Fsp3) is 0.333. The van der Waals surface area contributed by atoms with E-state index >= 15 is 0 Å². The Hall–Kier alpha value is -2.77. The van der Waals surface area contributed by atoms with E-state index in [2.05, 4.69) is 15.6 Å². The highest BCUT2D eigenvalue weighted by molar-refractivity contribution is 6.32. The Kier molecular flexibility index (Phi) is 7.32. The first kappa shape index (κ1) is 21.0. The zero-order valence-corrected chi connectivity index (χ0v) is 17.2. The third-order valence-corrected chi connectivity index (χ3v) is 4.75. The Morgan fingerprint density at radius 3 is 2.79 bits per heavy atom. The summed E-state index contributed by atoms with van der Waals surface area (Å²) in [5.74, 6) is 1.18. The van der Waals surface area contributed by atoms with E-state index in [1.165, 1.54) is 0 Å². The van der Waals surface area contributed by atoms with Crippen LogP contribution in [0.3, 0.4) is 0 Å². The molecular weight excluding hydrogens is 394 g/mol. The van der Waals surface area contributed by atoms with Crippen molar-refractivity contribution in [2.45, 2.75) is 18.9 Å². The molecule has 1 fully saturated rings. The molecular formula is C21H24ClN3O4. The van der Waals surface area contributed by atoms with Gasteiger partial charge in [-0.05, 0) is 49.2 Å². The Morgan fingerprint density at radius 2 is 2.10 bits per heavy atom. The van der Waals surface area contributed by atoms with Gasteiger partial charge in [0.15, 0.2) is 0 Å². The Labute approximate surface area is 175 Å². The second-order valence-electron chi connectivity index (χ2n) is 6.48. The van der Waals surface area contributed by atoms with Gasteiger partial charge in [-0.3, -0.25) is 10.1 Å². The van der Waals surface area contributed by atoms with Crippen molar-refractivity contribution in [1.29, 1.82) is 0 Å². The molecule has 29 heavy (non-hydrogen) atoms. The van der Waals surface area contributed by atoms with Crippen LogP contribution in [0.1, 0.15) is 23.2 Å². The van der Waals surface area contributed by atoms with Crippen LogP contribution in [0.4, 0.5) is 5.69 Å². The number of nitrogens with zero attached hydrogens (tertiary/aromatic N) is 1. The first-order chi connectivity index (χ1) is 14.1. The number of halogens is 1. The fourth-order valence-electron chi connectivity index (χ4n) is 2.92. The molecule has 2 aromatic carbocycles. The molecule has 2 aromatic rings. The van der Waals surface area contributed by atoms with Crippen LogP contribution < -0.4 is 20.1 Å². The van der Waals surface area contributed by atoms with Crippen molar-refractivity contribution in [2.24, 2.45) is 4.99 Å². The summed E-state index contributed by atoms with van der Waals surface area (Å²) in [5.41, 5.74) is 1.14. The Bertz CT molecular complexity index is 882. The molecule has 1 aliphatic heterocycles. The molecule has 1 saturated heterocycles. The summed E-state index contributed by atoms with van der Waals surface area (Å²) in [6.45, 7) is 1.19. The van der Waals surface area contributed by atoms with Gasteiger partial charge in [0.1, 0.15) is 11.5 Å². The lowest BCUT2D eigenvalue weighted by Crippen LogP contribution is -2.36. The van der Waals surface area contributed by atoms with Crippen LogP contribution in [0.5, 0.6) is 11.5 Å². The molecule has 0 aliphatic carbocycles. The summed E-state index contributed by atoms with van der Waals surface area (Å²) in [4.78, 5) is 17.2. The third-order valence-electron chi connectivity index (χ3n) is 4.46. The molecule has 1 aliphatic rings. The topological polar surface area (TPSA) is 81.2 Å². The van der Waals surface area contributed by atoms with E-state index < -0.39 is 0 Å². The van der Waals surface area contributed by atoms with Crippen molar-refractivity contribution in [3.8, 4) is 11.5 Å². The molecule has 0 bridgehead atoms. The van der Waals surface area contributed by atoms with E-state index in [-0.39, 0.29) is 12.0 Å². The first-order valence-corrected chi connectivity index (χ1v) is 9.69. The minimum atomic E-state index is -0.304. The summed E-state index contributed by atoms with van der Waals surface area (Å²) in [7, 11) is 3.11. The predicted molar refractivity (Wildman–Crippen MR) is 113 cm³/mol. The van der Waals surface area contributed by atoms with E-state index in [1.807, 2.05) is 0 Å². The van der Waals surface area contributed by atoms with Crippen LogP contribution in [-0.2, 0) is 4.74 Å². The minimum Gasteiger partial charge on any atom is -0.497 e. The van der Waals surface area contributed by atoms with Crippen molar-refractivity contribution in [2.75, 3.05) is 32.7 Å². The Morgan fingerprint density at radius 1 is 1.24 bits per heavy atom. The van der Waals surface area contributed by atoms with Crippen molar-refractivity contribution in [3.05, 3.63) is 53.1 Å². The molecule has 154 valence electrons. The van der Waals surface area contributed by atoms with Gasteiger partial charge in [-0.1, -0.05) is 17.7 Å². The molecule has 8 heteroatoms. The molecule has 1 heterocycles. The summed E-state index contributed by atoms with van der Waals surface area (Å²) in [5, 5.41) is 6.39. The lowest BCUT2D eigenvalue weighted by atomic mass is 10.2. The molecule has 0 aromatic heterocycles. The number of hydrogen-bond donors (Lipinski definition) is 2. The largest absolute Gasteiger partial charge is 0.497 e. The van der Waals surface area contributed by atoms with Crippen molar-refractivity contribution < 1.29 is 19.0 Å². The molecule has 1 amide bonds. The van der Waals surface area contributed by atoms with Crippen LogP contribution in [0.15, 0.2) is 47.5 Å². The summed E-state index contributed by atoms with van der Waals surface area (Å²) < 4.78 is 16.0. The van der Waals surface area contributed by atoms with Gasteiger partial charge in [0.2, 0.25) is 5.96 Å². The zero-order chi connectivity index (χ0) is 20.6. The average molecular weight is 418 g/mol. The summed E-state index contributed by atoms with van der Waals surface area (Å²) in [6.07, 6.45) is 2.03. The number of nitrogens with one attached hydrogen (secondary N) is 2. The SMILES string of the molecule is COc1cccc(C(=O)NC(=NC[C@H]2CCCO2)Nc2ccc(OC)c(Cl)c2)c1. The van der Waals surface area contributed by atoms with E-state index in [0.717, 1.165) is 19.4 Å².